The number of hydrogen-bond donors (Lipinski definition) is 0. The summed E-state index contributed by atoms with van der Waals surface area (Å²) in [6.07, 6.45) is 0. The zero-order valence-corrected chi connectivity index (χ0v) is 35.0. The molecule has 0 N–H and O–H groups in total. The lowest BCUT2D eigenvalue weighted by molar-refractivity contribution is 0.728. The molecule has 2 nitrogen and oxygen atoms in total. The average molecular weight is 813 g/mol. The van der Waals surface area contributed by atoms with Crippen molar-refractivity contribution in [1.82, 2.24) is 9.13 Å². The molecule has 0 fully saturated rings. The van der Waals surface area contributed by atoms with Gasteiger partial charge in [0.2, 0.25) is 0 Å². The summed E-state index contributed by atoms with van der Waals surface area (Å²) in [6, 6.07) is 90.6. The first kappa shape index (κ1) is 35.4. The highest BCUT2D eigenvalue weighted by Gasteiger charge is 2.46. The van der Waals surface area contributed by atoms with Crippen LogP contribution in [-0.4, -0.2) is 9.13 Å². The van der Waals surface area contributed by atoms with E-state index in [0.717, 1.165) is 0 Å². The van der Waals surface area contributed by atoms with Gasteiger partial charge in [-0.3, -0.25) is 0 Å². The fraction of sp³-hybridized carbons (Fsp3) is 0.0323. The molecule has 2 aliphatic rings. The Hall–Kier alpha value is -8.20. The Balaban J connectivity index is 1.02. The van der Waals surface area contributed by atoms with E-state index in [-0.39, 0.29) is 0 Å². The molecule has 0 unspecified atom stereocenters. The first-order valence-electron chi connectivity index (χ1n) is 22.4. The van der Waals surface area contributed by atoms with E-state index in [1.165, 1.54) is 111 Å². The van der Waals surface area contributed by atoms with Gasteiger partial charge in [0, 0.05) is 21.5 Å². The van der Waals surface area contributed by atoms with Gasteiger partial charge in [0.05, 0.1) is 44.3 Å². The lowest BCUT2D eigenvalue weighted by Gasteiger charge is -2.41. The quantitative estimate of drug-likeness (QED) is 0.164. The van der Waals surface area contributed by atoms with Crippen molar-refractivity contribution in [2.24, 2.45) is 0 Å². The maximum absolute atomic E-state index is 2.53. The van der Waals surface area contributed by atoms with Crippen LogP contribution in [0.2, 0.25) is 0 Å². The maximum atomic E-state index is 2.53. The molecule has 64 heavy (non-hydrogen) atoms. The van der Waals surface area contributed by atoms with E-state index in [1.54, 1.807) is 0 Å². The summed E-state index contributed by atoms with van der Waals surface area (Å²) in [5.74, 6) is 0. The van der Waals surface area contributed by atoms with Crippen LogP contribution >= 0.6 is 0 Å². The van der Waals surface area contributed by atoms with Crippen molar-refractivity contribution in [3.8, 4) is 22.5 Å². The van der Waals surface area contributed by atoms with Crippen LogP contribution in [0.1, 0.15) is 44.5 Å². The van der Waals surface area contributed by atoms with Crippen molar-refractivity contribution >= 4 is 43.6 Å². The fourth-order valence-electron chi connectivity index (χ4n) is 12.2. The van der Waals surface area contributed by atoms with Gasteiger partial charge < -0.3 is 9.13 Å². The molecule has 0 atom stereocenters. The van der Waals surface area contributed by atoms with Crippen molar-refractivity contribution in [2.45, 2.75) is 10.8 Å². The first-order chi connectivity index (χ1) is 31.8. The monoisotopic (exact) mass is 812 g/mol. The minimum atomic E-state index is -0.495. The van der Waals surface area contributed by atoms with Gasteiger partial charge in [-0.25, -0.2) is 0 Å². The molecule has 2 heteroatoms. The third-order valence-corrected chi connectivity index (χ3v) is 14.6. The normalized spacial score (nSPS) is 14.2. The van der Waals surface area contributed by atoms with Crippen molar-refractivity contribution in [3.63, 3.8) is 0 Å². The standard InChI is InChI=1S/C62H40N2/c1-5-19-43(20-6-1)61(44-21-7-2-8-22-44)51-29-13-15-33-57(51)63-55-37-35-41(39-49(55)47-27-17-31-53(61)59(47)63)42-36-38-56-50(40-42)48-28-18-32-54-60(48)64(56)58-34-16-14-30-52(58)62(54,45-23-9-3-10-24-45)46-25-11-4-12-26-46/h1-40H. The minimum absolute atomic E-state index is 0.495. The predicted molar refractivity (Wildman–Crippen MR) is 264 cm³/mol. The lowest BCUT2D eigenvalue weighted by atomic mass is 9.63. The van der Waals surface area contributed by atoms with Gasteiger partial charge >= 0.3 is 0 Å². The van der Waals surface area contributed by atoms with Gasteiger partial charge in [-0.2, -0.15) is 0 Å². The Morgan fingerprint density at radius 2 is 0.578 bits per heavy atom. The second-order valence-corrected chi connectivity index (χ2v) is 17.5. The van der Waals surface area contributed by atoms with E-state index in [9.17, 15) is 0 Å². The zero-order valence-electron chi connectivity index (χ0n) is 35.0. The van der Waals surface area contributed by atoms with Crippen LogP contribution in [0, 0.1) is 0 Å². The van der Waals surface area contributed by atoms with Crippen LogP contribution in [0.25, 0.3) is 66.1 Å². The minimum Gasteiger partial charge on any atom is -0.309 e. The molecule has 10 aromatic carbocycles. The van der Waals surface area contributed by atoms with Crippen LogP contribution in [0.4, 0.5) is 0 Å². The number of nitrogens with zero attached hydrogens (tertiary/aromatic N) is 2. The summed E-state index contributed by atoms with van der Waals surface area (Å²) in [6.45, 7) is 0. The molecule has 0 bridgehead atoms. The summed E-state index contributed by atoms with van der Waals surface area (Å²) in [5.41, 5.74) is 19.1. The van der Waals surface area contributed by atoms with Gasteiger partial charge in [-0.05, 0) is 92.0 Å². The van der Waals surface area contributed by atoms with Crippen molar-refractivity contribution in [1.29, 1.82) is 0 Å². The smallest absolute Gasteiger partial charge is 0.0742 e. The maximum Gasteiger partial charge on any atom is 0.0742 e. The molecule has 2 aromatic heterocycles. The summed E-state index contributed by atoms with van der Waals surface area (Å²) in [7, 11) is 0. The molecule has 0 saturated heterocycles. The number of benzene rings is 10. The molecule has 2 aliphatic heterocycles. The summed E-state index contributed by atoms with van der Waals surface area (Å²) >= 11 is 0. The fourth-order valence-corrected chi connectivity index (χ4v) is 12.2. The molecular formula is C62H40N2. The summed E-state index contributed by atoms with van der Waals surface area (Å²) < 4.78 is 5.06. The number of para-hydroxylation sites is 4. The number of aromatic nitrogens is 2. The van der Waals surface area contributed by atoms with E-state index in [0.29, 0.717) is 0 Å². The predicted octanol–water partition coefficient (Wildman–Crippen LogP) is 14.9. The third-order valence-electron chi connectivity index (χ3n) is 14.6. The molecular weight excluding hydrogens is 773 g/mol. The Morgan fingerprint density at radius 3 is 0.953 bits per heavy atom. The first-order valence-corrected chi connectivity index (χ1v) is 22.4. The van der Waals surface area contributed by atoms with Crippen LogP contribution in [-0.2, 0) is 10.8 Å². The molecule has 0 aliphatic carbocycles. The van der Waals surface area contributed by atoms with E-state index in [1.807, 2.05) is 0 Å². The topological polar surface area (TPSA) is 9.86 Å². The Bertz CT molecular complexity index is 3490. The number of hydrogen-bond acceptors (Lipinski definition) is 0. The number of rotatable bonds is 5. The van der Waals surface area contributed by atoms with E-state index in [4.69, 9.17) is 0 Å². The molecule has 12 aromatic rings. The van der Waals surface area contributed by atoms with Crippen LogP contribution in [0.15, 0.2) is 243 Å². The van der Waals surface area contributed by atoms with Gasteiger partial charge in [-0.1, -0.05) is 206 Å². The Morgan fingerprint density at radius 1 is 0.250 bits per heavy atom. The SMILES string of the molecule is c1ccc(C2(c3ccccc3)c3ccccc3-n3c4ccc(-c5ccc6c(c5)c5cccc7c5n6-c5ccccc5C7(c5ccccc5)c5ccccc5)cc4c4cccc2c43)cc1. The van der Waals surface area contributed by atoms with Gasteiger partial charge in [-0.15, -0.1) is 0 Å². The molecule has 0 saturated carbocycles. The van der Waals surface area contributed by atoms with E-state index < -0.39 is 10.8 Å². The largest absolute Gasteiger partial charge is 0.309 e. The average Bonchev–Trinajstić information content (AvgIpc) is 3.89. The summed E-state index contributed by atoms with van der Waals surface area (Å²) in [4.78, 5) is 0. The number of fused-ring (bicyclic) bond motifs is 10. The molecule has 4 heterocycles. The van der Waals surface area contributed by atoms with Crippen molar-refractivity contribution in [2.75, 3.05) is 0 Å². The Kier molecular flexibility index (Phi) is 7.28. The van der Waals surface area contributed by atoms with E-state index >= 15 is 0 Å². The van der Waals surface area contributed by atoms with Crippen LogP contribution in [0.3, 0.4) is 0 Å². The van der Waals surface area contributed by atoms with Gasteiger partial charge in [0.15, 0.2) is 0 Å². The van der Waals surface area contributed by atoms with Crippen molar-refractivity contribution < 1.29 is 0 Å². The highest BCUT2D eigenvalue weighted by molar-refractivity contribution is 6.15. The third kappa shape index (κ3) is 4.44. The zero-order chi connectivity index (χ0) is 42.0. The second kappa shape index (κ2) is 13.2. The molecule has 298 valence electrons. The van der Waals surface area contributed by atoms with Crippen molar-refractivity contribution in [3.05, 3.63) is 287 Å². The van der Waals surface area contributed by atoms with Crippen LogP contribution < -0.4 is 0 Å². The molecule has 0 spiro atoms. The van der Waals surface area contributed by atoms with Gasteiger partial charge in [0.25, 0.3) is 0 Å². The Labute approximate surface area is 371 Å². The second-order valence-electron chi connectivity index (χ2n) is 17.5. The molecule has 0 radical (unpaired) electrons. The molecule has 14 rings (SSSR count). The molecule has 0 amide bonds. The highest BCUT2D eigenvalue weighted by atomic mass is 15.0. The summed E-state index contributed by atoms with van der Waals surface area (Å²) in [5, 5.41) is 5.05. The van der Waals surface area contributed by atoms with Crippen LogP contribution in [0.5, 0.6) is 0 Å². The van der Waals surface area contributed by atoms with E-state index in [2.05, 4.69) is 252 Å². The lowest BCUT2D eigenvalue weighted by Crippen LogP contribution is -2.35. The van der Waals surface area contributed by atoms with Gasteiger partial charge in [0.1, 0.15) is 0 Å². The highest BCUT2D eigenvalue weighted by Crippen LogP contribution is 2.56.